The smallest absolute Gasteiger partial charge is 0.264 e. The molecule has 2 aliphatic carbocycles. The van der Waals surface area contributed by atoms with Gasteiger partial charge in [-0.15, -0.1) is 0 Å². The van der Waals surface area contributed by atoms with Gasteiger partial charge in [-0.2, -0.15) is 0 Å². The Bertz CT molecular complexity index is 1610. The number of amides is 1. The van der Waals surface area contributed by atoms with Crippen molar-refractivity contribution < 1.29 is 27.4 Å². The first-order valence-electron chi connectivity index (χ1n) is 17.7. The monoisotopic (exact) mass is 699 g/mol. The topological polar surface area (TPSA) is 97.4 Å². The third-order valence-corrected chi connectivity index (χ3v) is 13.5. The summed E-state index contributed by atoms with van der Waals surface area (Å²) in [5.41, 5.74) is 3.38. The van der Waals surface area contributed by atoms with E-state index in [0.717, 1.165) is 80.7 Å². The SMILES string of the molecule is CN(C)[C@H]1CO[C@H]([C@H]2CCC3(C)C[C@@H]3CS(=O)(=O)NC(=O)c3ccc4c(c3)N(CCCCc3cc(Cl)ccc3CO4)C[C@@H]3CC[C@H]32)OC1. The lowest BCUT2D eigenvalue weighted by Crippen LogP contribution is -2.50. The lowest BCUT2D eigenvalue weighted by molar-refractivity contribution is -0.241. The van der Waals surface area contributed by atoms with E-state index in [-0.39, 0.29) is 35.3 Å². The van der Waals surface area contributed by atoms with Crippen molar-refractivity contribution in [1.29, 1.82) is 0 Å². The third-order valence-electron chi connectivity index (χ3n) is 12.0. The van der Waals surface area contributed by atoms with Crippen LogP contribution in [0.1, 0.15) is 73.4 Å². The molecule has 0 aromatic heterocycles. The van der Waals surface area contributed by atoms with E-state index in [0.29, 0.717) is 43.0 Å². The number of likely N-dealkylation sites (N-methyl/N-ethyl adjacent to an activating group) is 1. The second-order valence-corrected chi connectivity index (χ2v) is 17.6. The maximum atomic E-state index is 13.5. The van der Waals surface area contributed by atoms with Gasteiger partial charge >= 0.3 is 0 Å². The van der Waals surface area contributed by atoms with Crippen molar-refractivity contribution in [3.63, 3.8) is 0 Å². The zero-order chi connectivity index (χ0) is 33.6. The van der Waals surface area contributed by atoms with E-state index >= 15 is 0 Å². The van der Waals surface area contributed by atoms with Crippen molar-refractivity contribution in [3.8, 4) is 5.75 Å². The summed E-state index contributed by atoms with van der Waals surface area (Å²) in [5.74, 6) is 1.18. The molecule has 2 saturated carbocycles. The normalized spacial score (nSPS) is 33.9. The molecule has 5 aliphatic rings. The van der Waals surface area contributed by atoms with Gasteiger partial charge in [-0.05, 0) is 130 Å². The van der Waals surface area contributed by atoms with Gasteiger partial charge in [-0.25, -0.2) is 13.1 Å². The minimum atomic E-state index is -3.82. The van der Waals surface area contributed by atoms with Gasteiger partial charge < -0.3 is 24.0 Å². The molecule has 2 aromatic rings. The first-order chi connectivity index (χ1) is 23.0. The molecule has 3 heterocycles. The van der Waals surface area contributed by atoms with Crippen LogP contribution in [0.15, 0.2) is 36.4 Å². The molecule has 262 valence electrons. The summed E-state index contributed by atoms with van der Waals surface area (Å²) in [5, 5.41) is 0.722. The number of carbonyl (C=O) groups is 1. The maximum absolute atomic E-state index is 13.5. The van der Waals surface area contributed by atoms with E-state index in [2.05, 4.69) is 35.5 Å². The standard InChI is InChI=1S/C37H50ClN3O6S/c1-37-14-13-32(36-46-21-30(22-47-36)40(2)3)31-11-8-26(31)19-41-15-5-4-6-24-16-29(38)10-7-27(24)20-45-34-12-9-25(17-33(34)41)35(42)39-48(43,44)23-28(37)18-37/h7,9-10,12,16-17,26,28,30-32,36H,4-6,8,11,13-15,18-23H2,1-3H3,(H,39,42)/t26-,28+,30-,31+,32-,36-,37?/m0/s1. The Morgan fingerprint density at radius 2 is 1.81 bits per heavy atom. The Kier molecular flexibility index (Phi) is 9.76. The number of aryl methyl sites for hydroxylation is 1. The first-order valence-corrected chi connectivity index (χ1v) is 19.7. The Balaban J connectivity index is 1.22. The zero-order valence-electron chi connectivity index (χ0n) is 28.5. The fourth-order valence-electron chi connectivity index (χ4n) is 8.43. The quantitative estimate of drug-likeness (QED) is 0.415. The van der Waals surface area contributed by atoms with Gasteiger partial charge in [0.05, 0.1) is 30.7 Å². The summed E-state index contributed by atoms with van der Waals surface area (Å²) in [4.78, 5) is 18.0. The second kappa shape index (κ2) is 13.7. The fourth-order valence-corrected chi connectivity index (χ4v) is 10.2. The molecule has 1 unspecified atom stereocenters. The van der Waals surface area contributed by atoms with E-state index in [4.69, 9.17) is 25.8 Å². The van der Waals surface area contributed by atoms with Crippen LogP contribution in [0.5, 0.6) is 5.75 Å². The number of rotatable bonds is 2. The molecule has 11 heteroatoms. The van der Waals surface area contributed by atoms with Crippen molar-refractivity contribution in [3.05, 3.63) is 58.1 Å². The van der Waals surface area contributed by atoms with Crippen molar-refractivity contribution in [2.75, 3.05) is 51.1 Å². The highest BCUT2D eigenvalue weighted by Crippen LogP contribution is 2.58. The first kappa shape index (κ1) is 34.1. The van der Waals surface area contributed by atoms with Gasteiger partial charge in [0, 0.05) is 29.6 Å². The van der Waals surface area contributed by atoms with Gasteiger partial charge in [0.15, 0.2) is 6.29 Å². The third kappa shape index (κ3) is 7.38. The number of anilines is 1. The molecule has 2 aromatic carbocycles. The maximum Gasteiger partial charge on any atom is 0.264 e. The molecule has 0 radical (unpaired) electrons. The number of nitrogens with one attached hydrogen (secondary N) is 1. The molecule has 0 spiro atoms. The predicted octanol–water partition coefficient (Wildman–Crippen LogP) is 5.89. The number of hydrogen-bond donors (Lipinski definition) is 1. The lowest BCUT2D eigenvalue weighted by Gasteiger charge is -2.48. The number of halogens is 1. The van der Waals surface area contributed by atoms with Crippen LogP contribution in [-0.4, -0.2) is 77.7 Å². The molecule has 3 aliphatic heterocycles. The minimum absolute atomic E-state index is 0.0222. The Morgan fingerprint density at radius 3 is 2.56 bits per heavy atom. The molecule has 1 amide bonds. The summed E-state index contributed by atoms with van der Waals surface area (Å²) < 4.78 is 48.4. The summed E-state index contributed by atoms with van der Waals surface area (Å²) in [6.07, 6.45) is 7.55. The van der Waals surface area contributed by atoms with Crippen LogP contribution >= 0.6 is 11.6 Å². The van der Waals surface area contributed by atoms with Gasteiger partial charge in [-0.1, -0.05) is 24.6 Å². The molecular formula is C37H50ClN3O6S. The Labute approximate surface area is 290 Å². The number of ether oxygens (including phenoxy) is 3. The highest BCUT2D eigenvalue weighted by Gasteiger charge is 2.53. The van der Waals surface area contributed by atoms with E-state index in [1.165, 1.54) is 5.56 Å². The van der Waals surface area contributed by atoms with Crippen LogP contribution in [0.3, 0.4) is 0 Å². The van der Waals surface area contributed by atoms with E-state index in [9.17, 15) is 13.2 Å². The molecule has 1 N–H and O–H groups in total. The van der Waals surface area contributed by atoms with Gasteiger partial charge in [0.1, 0.15) is 12.4 Å². The Morgan fingerprint density at radius 1 is 1.00 bits per heavy atom. The molecule has 5 atom stereocenters. The highest BCUT2D eigenvalue weighted by atomic mass is 35.5. The highest BCUT2D eigenvalue weighted by molar-refractivity contribution is 7.90. The van der Waals surface area contributed by atoms with E-state index in [1.807, 2.05) is 30.3 Å². The van der Waals surface area contributed by atoms with Crippen LogP contribution < -0.4 is 14.4 Å². The lowest BCUT2D eigenvalue weighted by atomic mass is 9.64. The van der Waals surface area contributed by atoms with Crippen LogP contribution in [0, 0.1) is 29.1 Å². The molecule has 2 bridgehead atoms. The van der Waals surface area contributed by atoms with Gasteiger partial charge in [0.2, 0.25) is 10.0 Å². The average molecular weight is 700 g/mol. The molecule has 9 nitrogen and oxygen atoms in total. The molecule has 1 saturated heterocycles. The second-order valence-electron chi connectivity index (χ2n) is 15.4. The zero-order valence-corrected chi connectivity index (χ0v) is 30.0. The van der Waals surface area contributed by atoms with Crippen LogP contribution in [-0.2, 0) is 32.5 Å². The fraction of sp³-hybridized carbons (Fsp3) is 0.649. The number of carbonyl (C=O) groups excluding carboxylic acids is 1. The van der Waals surface area contributed by atoms with Gasteiger partial charge in [0.25, 0.3) is 5.91 Å². The largest absolute Gasteiger partial charge is 0.487 e. The van der Waals surface area contributed by atoms with E-state index in [1.54, 1.807) is 6.07 Å². The minimum Gasteiger partial charge on any atom is -0.487 e. The predicted molar refractivity (Wildman–Crippen MR) is 187 cm³/mol. The molecule has 7 rings (SSSR count). The number of benzene rings is 2. The molecule has 3 fully saturated rings. The molecular weight excluding hydrogens is 650 g/mol. The van der Waals surface area contributed by atoms with Crippen LogP contribution in [0.25, 0.3) is 0 Å². The van der Waals surface area contributed by atoms with E-state index < -0.39 is 15.9 Å². The summed E-state index contributed by atoms with van der Waals surface area (Å²) in [6, 6.07) is 11.5. The van der Waals surface area contributed by atoms with Crippen molar-refractivity contribution >= 4 is 33.2 Å². The van der Waals surface area contributed by atoms with Crippen LogP contribution in [0.2, 0.25) is 5.02 Å². The van der Waals surface area contributed by atoms with Crippen molar-refractivity contribution in [1.82, 2.24) is 9.62 Å². The summed E-state index contributed by atoms with van der Waals surface area (Å²) in [7, 11) is 0.305. The number of fused-ring (bicyclic) bond motifs is 4. The average Bonchev–Trinajstić information content (AvgIpc) is 3.68. The van der Waals surface area contributed by atoms with Gasteiger partial charge in [-0.3, -0.25) is 4.79 Å². The molecule has 48 heavy (non-hydrogen) atoms. The summed E-state index contributed by atoms with van der Waals surface area (Å²) in [6.45, 7) is 5.50. The van der Waals surface area contributed by atoms with Crippen molar-refractivity contribution in [2.45, 2.75) is 77.2 Å². The van der Waals surface area contributed by atoms with Crippen LogP contribution in [0.4, 0.5) is 5.69 Å². The number of hydrogen-bond acceptors (Lipinski definition) is 8. The van der Waals surface area contributed by atoms with Crippen molar-refractivity contribution in [2.24, 2.45) is 29.1 Å². The summed E-state index contributed by atoms with van der Waals surface area (Å²) >= 11 is 6.37. The number of sulfonamides is 1. The Hall–Kier alpha value is -2.37. The number of nitrogens with zero attached hydrogens (tertiary/aromatic N) is 2.